The number of carbonyl (C=O) groups excluding carboxylic acids is 2. The van der Waals surface area contributed by atoms with Crippen LogP contribution >= 0.6 is 0 Å². The van der Waals surface area contributed by atoms with Gasteiger partial charge in [0.05, 0.1) is 7.11 Å². The van der Waals surface area contributed by atoms with E-state index in [0.29, 0.717) is 23.0 Å². The molecule has 1 aliphatic heterocycles. The molecule has 0 radical (unpaired) electrons. The van der Waals surface area contributed by atoms with E-state index in [2.05, 4.69) is 5.32 Å². The molecule has 2 aromatic rings. The van der Waals surface area contributed by atoms with Crippen molar-refractivity contribution in [2.45, 2.75) is 6.54 Å². The van der Waals surface area contributed by atoms with Gasteiger partial charge in [-0.2, -0.15) is 0 Å². The highest BCUT2D eigenvalue weighted by molar-refractivity contribution is 5.80. The Hall–Kier alpha value is -3.42. The maximum absolute atomic E-state index is 11.8. The van der Waals surface area contributed by atoms with E-state index in [1.165, 1.54) is 7.11 Å². The lowest BCUT2D eigenvalue weighted by atomic mass is 10.2. The van der Waals surface area contributed by atoms with Gasteiger partial charge >= 0.3 is 5.97 Å². The maximum Gasteiger partial charge on any atom is 0.344 e. The van der Waals surface area contributed by atoms with Crippen LogP contribution in [-0.2, 0) is 20.9 Å². The Morgan fingerprint density at radius 3 is 2.63 bits per heavy atom. The van der Waals surface area contributed by atoms with Gasteiger partial charge in [-0.1, -0.05) is 18.2 Å². The molecular formula is C19H19NO7. The number of amides is 1. The fourth-order valence-corrected chi connectivity index (χ4v) is 2.37. The van der Waals surface area contributed by atoms with E-state index < -0.39 is 18.5 Å². The Bertz CT molecular complexity index is 821. The van der Waals surface area contributed by atoms with Crippen LogP contribution in [0.25, 0.3) is 0 Å². The van der Waals surface area contributed by atoms with Gasteiger partial charge in [-0.25, -0.2) is 4.79 Å². The Morgan fingerprint density at radius 2 is 1.81 bits per heavy atom. The molecule has 8 nitrogen and oxygen atoms in total. The summed E-state index contributed by atoms with van der Waals surface area (Å²) >= 11 is 0. The van der Waals surface area contributed by atoms with Crippen LogP contribution in [0.15, 0.2) is 42.5 Å². The minimum Gasteiger partial charge on any atom is -0.493 e. The lowest BCUT2D eigenvalue weighted by molar-refractivity contribution is -0.150. The number of benzene rings is 2. The van der Waals surface area contributed by atoms with Gasteiger partial charge in [-0.3, -0.25) is 4.79 Å². The van der Waals surface area contributed by atoms with Crippen molar-refractivity contribution in [3.63, 3.8) is 0 Å². The summed E-state index contributed by atoms with van der Waals surface area (Å²) in [5.41, 5.74) is 0.846. The first-order valence-corrected chi connectivity index (χ1v) is 8.22. The highest BCUT2D eigenvalue weighted by Gasteiger charge is 2.14. The Morgan fingerprint density at radius 1 is 1.04 bits per heavy atom. The van der Waals surface area contributed by atoms with E-state index >= 15 is 0 Å². The van der Waals surface area contributed by atoms with Gasteiger partial charge < -0.3 is 29.0 Å². The molecule has 3 rings (SSSR count). The third kappa shape index (κ3) is 5.04. The van der Waals surface area contributed by atoms with Gasteiger partial charge in [0, 0.05) is 6.54 Å². The second-order valence-corrected chi connectivity index (χ2v) is 5.56. The number of esters is 1. The standard InChI is InChI=1S/C19H19NO7/c1-23-14-4-2-3-5-15(14)24-11-19(22)25-10-18(21)20-9-13-6-7-16-17(8-13)27-12-26-16/h2-8H,9-12H2,1H3,(H,20,21). The fraction of sp³-hybridized carbons (Fsp3) is 0.263. The highest BCUT2D eigenvalue weighted by atomic mass is 16.7. The van der Waals surface area contributed by atoms with Gasteiger partial charge in [0.15, 0.2) is 36.2 Å². The van der Waals surface area contributed by atoms with Crippen LogP contribution in [0, 0.1) is 0 Å². The number of ether oxygens (including phenoxy) is 5. The Kier molecular flexibility index (Phi) is 5.98. The van der Waals surface area contributed by atoms with E-state index in [9.17, 15) is 9.59 Å². The Balaban J connectivity index is 1.38. The summed E-state index contributed by atoms with van der Waals surface area (Å²) in [7, 11) is 1.50. The maximum atomic E-state index is 11.8. The summed E-state index contributed by atoms with van der Waals surface area (Å²) in [6.07, 6.45) is 0. The summed E-state index contributed by atoms with van der Waals surface area (Å²) < 4.78 is 25.9. The van der Waals surface area contributed by atoms with Crippen LogP contribution in [0.4, 0.5) is 0 Å². The van der Waals surface area contributed by atoms with E-state index in [-0.39, 0.29) is 19.9 Å². The molecule has 0 bridgehead atoms. The van der Waals surface area contributed by atoms with Gasteiger partial charge in [-0.05, 0) is 29.8 Å². The van der Waals surface area contributed by atoms with Crippen LogP contribution in [0.3, 0.4) is 0 Å². The molecule has 142 valence electrons. The molecule has 1 heterocycles. The SMILES string of the molecule is COc1ccccc1OCC(=O)OCC(=O)NCc1ccc2c(c1)OCO2. The van der Waals surface area contributed by atoms with Crippen molar-refractivity contribution in [3.05, 3.63) is 48.0 Å². The van der Waals surface area contributed by atoms with Crippen LogP contribution in [0.5, 0.6) is 23.0 Å². The summed E-state index contributed by atoms with van der Waals surface area (Å²) in [5, 5.41) is 2.66. The summed E-state index contributed by atoms with van der Waals surface area (Å²) in [4.78, 5) is 23.5. The molecule has 1 aliphatic rings. The molecule has 0 spiro atoms. The number of fused-ring (bicyclic) bond motifs is 1. The predicted molar refractivity (Wildman–Crippen MR) is 93.9 cm³/mol. The van der Waals surface area contributed by atoms with Crippen LogP contribution < -0.4 is 24.3 Å². The fourth-order valence-electron chi connectivity index (χ4n) is 2.37. The van der Waals surface area contributed by atoms with Crippen LogP contribution in [0.1, 0.15) is 5.56 Å². The lowest BCUT2D eigenvalue weighted by Gasteiger charge is -2.10. The summed E-state index contributed by atoms with van der Waals surface area (Å²) in [6.45, 7) is -0.239. The molecular weight excluding hydrogens is 354 g/mol. The first-order chi connectivity index (χ1) is 13.2. The zero-order valence-corrected chi connectivity index (χ0v) is 14.7. The molecule has 1 amide bonds. The minimum absolute atomic E-state index is 0.192. The number of nitrogens with one attached hydrogen (secondary N) is 1. The number of para-hydroxylation sites is 2. The third-order valence-corrected chi connectivity index (χ3v) is 3.71. The van der Waals surface area contributed by atoms with Crippen molar-refractivity contribution < 1.29 is 33.3 Å². The number of rotatable bonds is 8. The minimum atomic E-state index is -0.654. The topological polar surface area (TPSA) is 92.3 Å². The summed E-state index contributed by atoms with van der Waals surface area (Å²) in [6, 6.07) is 12.3. The zero-order valence-electron chi connectivity index (χ0n) is 14.7. The molecule has 0 saturated heterocycles. The van der Waals surface area contributed by atoms with Crippen molar-refractivity contribution in [3.8, 4) is 23.0 Å². The molecule has 0 aliphatic carbocycles. The average Bonchev–Trinajstić information content (AvgIpc) is 3.17. The molecule has 1 N–H and O–H groups in total. The highest BCUT2D eigenvalue weighted by Crippen LogP contribution is 2.32. The van der Waals surface area contributed by atoms with Crippen LogP contribution in [0.2, 0.25) is 0 Å². The van der Waals surface area contributed by atoms with Crippen molar-refractivity contribution >= 4 is 11.9 Å². The van der Waals surface area contributed by atoms with Crippen molar-refractivity contribution in [1.82, 2.24) is 5.32 Å². The second kappa shape index (κ2) is 8.79. The largest absolute Gasteiger partial charge is 0.493 e. The smallest absolute Gasteiger partial charge is 0.344 e. The lowest BCUT2D eigenvalue weighted by Crippen LogP contribution is -2.29. The van der Waals surface area contributed by atoms with E-state index in [4.69, 9.17) is 23.7 Å². The third-order valence-electron chi connectivity index (χ3n) is 3.71. The van der Waals surface area contributed by atoms with Crippen molar-refractivity contribution in [2.75, 3.05) is 27.1 Å². The number of carbonyl (C=O) groups is 2. The van der Waals surface area contributed by atoms with Crippen LogP contribution in [-0.4, -0.2) is 39.0 Å². The number of hydrogen-bond donors (Lipinski definition) is 1. The molecule has 27 heavy (non-hydrogen) atoms. The first-order valence-electron chi connectivity index (χ1n) is 8.22. The monoisotopic (exact) mass is 373 g/mol. The number of methoxy groups -OCH3 is 1. The van der Waals surface area contributed by atoms with E-state index in [0.717, 1.165) is 5.56 Å². The average molecular weight is 373 g/mol. The van der Waals surface area contributed by atoms with Gasteiger partial charge in [0.25, 0.3) is 5.91 Å². The van der Waals surface area contributed by atoms with Gasteiger partial charge in [0.2, 0.25) is 6.79 Å². The molecule has 0 unspecified atom stereocenters. The Labute approximate surface area is 155 Å². The molecule has 0 aromatic heterocycles. The van der Waals surface area contributed by atoms with Gasteiger partial charge in [-0.15, -0.1) is 0 Å². The first kappa shape index (κ1) is 18.4. The molecule has 0 atom stereocenters. The normalized spacial score (nSPS) is 11.6. The van der Waals surface area contributed by atoms with Crippen molar-refractivity contribution in [1.29, 1.82) is 0 Å². The van der Waals surface area contributed by atoms with E-state index in [1.807, 2.05) is 6.07 Å². The predicted octanol–water partition coefficient (Wildman–Crippen LogP) is 1.66. The molecule has 0 saturated carbocycles. The van der Waals surface area contributed by atoms with Gasteiger partial charge in [0.1, 0.15) is 0 Å². The second-order valence-electron chi connectivity index (χ2n) is 5.56. The quantitative estimate of drug-likeness (QED) is 0.704. The van der Waals surface area contributed by atoms with Crippen molar-refractivity contribution in [2.24, 2.45) is 0 Å². The molecule has 0 fully saturated rings. The summed E-state index contributed by atoms with van der Waals surface area (Å²) in [5.74, 6) is 1.17. The number of hydrogen-bond acceptors (Lipinski definition) is 7. The van der Waals surface area contributed by atoms with E-state index in [1.54, 1.807) is 36.4 Å². The zero-order chi connectivity index (χ0) is 19.1. The molecule has 2 aromatic carbocycles. The molecule has 8 heteroatoms.